The normalized spacial score (nSPS) is 10.8. The maximum absolute atomic E-state index is 13.0. The van der Waals surface area contributed by atoms with Crippen LogP contribution in [-0.4, -0.2) is 54.6 Å². The minimum absolute atomic E-state index is 0.0421. The number of rotatable bonds is 8. The minimum Gasteiger partial charge on any atom is -0.497 e. The van der Waals surface area contributed by atoms with Gasteiger partial charge in [-0.3, -0.25) is 9.10 Å². The summed E-state index contributed by atoms with van der Waals surface area (Å²) in [6, 6.07) is 15.8. The predicted octanol–water partition coefficient (Wildman–Crippen LogP) is 3.35. The van der Waals surface area contributed by atoms with Gasteiger partial charge >= 0.3 is 11.9 Å². The topological polar surface area (TPSA) is 128 Å². The molecule has 0 fully saturated rings. The van der Waals surface area contributed by atoms with Gasteiger partial charge in [-0.15, -0.1) is 0 Å². The molecule has 1 N–H and O–H groups in total. The van der Waals surface area contributed by atoms with Crippen molar-refractivity contribution in [2.75, 3.05) is 38.0 Å². The Hall–Kier alpha value is -4.38. The van der Waals surface area contributed by atoms with Crippen molar-refractivity contribution in [1.82, 2.24) is 0 Å². The molecule has 0 radical (unpaired) electrons. The van der Waals surface area contributed by atoms with Crippen molar-refractivity contribution in [2.24, 2.45) is 0 Å². The van der Waals surface area contributed by atoms with E-state index in [1.54, 1.807) is 12.1 Å². The lowest BCUT2D eigenvalue weighted by molar-refractivity contribution is 0.0587. The number of nitrogens with zero attached hydrogens (tertiary/aromatic N) is 1. The Bertz CT molecular complexity index is 1380. The number of hydrogen-bond donors (Lipinski definition) is 1. The monoisotopic (exact) mass is 512 g/mol. The van der Waals surface area contributed by atoms with Gasteiger partial charge in [0.05, 0.1) is 48.7 Å². The molecule has 0 heterocycles. The molecule has 0 atom stereocenters. The molecule has 0 unspecified atom stereocenters. The first kappa shape index (κ1) is 26.2. The molecule has 10 nitrogen and oxygen atoms in total. The summed E-state index contributed by atoms with van der Waals surface area (Å²) in [4.78, 5) is 36.9. The van der Waals surface area contributed by atoms with Crippen molar-refractivity contribution in [3.8, 4) is 5.75 Å². The smallest absolute Gasteiger partial charge is 0.339 e. The molecule has 3 aromatic carbocycles. The van der Waals surface area contributed by atoms with E-state index in [0.29, 0.717) is 11.4 Å². The summed E-state index contributed by atoms with van der Waals surface area (Å²) in [5.74, 6) is -1.41. The predicted molar refractivity (Wildman–Crippen MR) is 132 cm³/mol. The van der Waals surface area contributed by atoms with Gasteiger partial charge in [0.15, 0.2) is 0 Å². The van der Waals surface area contributed by atoms with E-state index in [1.807, 2.05) is 0 Å². The second kappa shape index (κ2) is 10.9. The molecule has 0 saturated heterocycles. The molecule has 3 rings (SSSR count). The van der Waals surface area contributed by atoms with Crippen LogP contribution in [-0.2, 0) is 19.5 Å². The molecule has 188 valence electrons. The molecule has 0 bridgehead atoms. The summed E-state index contributed by atoms with van der Waals surface area (Å²) in [5, 5.41) is 2.59. The first-order chi connectivity index (χ1) is 17.1. The molecule has 0 spiro atoms. The summed E-state index contributed by atoms with van der Waals surface area (Å²) in [5.41, 5.74) is 0.734. The Kier molecular flexibility index (Phi) is 7.95. The van der Waals surface area contributed by atoms with Crippen molar-refractivity contribution < 1.29 is 37.0 Å². The van der Waals surface area contributed by atoms with Gasteiger partial charge in [-0.25, -0.2) is 18.0 Å². The lowest BCUT2D eigenvalue weighted by Crippen LogP contribution is -2.26. The van der Waals surface area contributed by atoms with E-state index >= 15 is 0 Å². The second-order valence-corrected chi connectivity index (χ2v) is 9.36. The van der Waals surface area contributed by atoms with Crippen LogP contribution >= 0.6 is 0 Å². The van der Waals surface area contributed by atoms with E-state index in [4.69, 9.17) is 9.47 Å². The Morgan fingerprint density at radius 2 is 1.36 bits per heavy atom. The van der Waals surface area contributed by atoms with Gasteiger partial charge in [0, 0.05) is 12.6 Å². The van der Waals surface area contributed by atoms with E-state index < -0.39 is 27.9 Å². The van der Waals surface area contributed by atoms with E-state index in [-0.39, 0.29) is 27.3 Å². The largest absolute Gasteiger partial charge is 0.497 e. The van der Waals surface area contributed by atoms with Crippen LogP contribution in [0.3, 0.4) is 0 Å². The number of carbonyl (C=O) groups excluding carboxylic acids is 3. The van der Waals surface area contributed by atoms with Crippen molar-refractivity contribution in [1.29, 1.82) is 0 Å². The van der Waals surface area contributed by atoms with Crippen molar-refractivity contribution in [3.05, 3.63) is 83.4 Å². The van der Waals surface area contributed by atoms with Gasteiger partial charge in [-0.05, 0) is 66.7 Å². The minimum atomic E-state index is -3.85. The van der Waals surface area contributed by atoms with Gasteiger partial charge in [-0.2, -0.15) is 0 Å². The average Bonchev–Trinajstić information content (AvgIpc) is 2.91. The number of anilines is 2. The van der Waals surface area contributed by atoms with Crippen LogP contribution in [0.15, 0.2) is 71.6 Å². The summed E-state index contributed by atoms with van der Waals surface area (Å²) in [7, 11) is 1.44. The molecule has 0 aromatic heterocycles. The maximum Gasteiger partial charge on any atom is 0.339 e. The van der Waals surface area contributed by atoms with Gasteiger partial charge in [0.1, 0.15) is 5.75 Å². The number of methoxy groups -OCH3 is 3. The number of carbonyl (C=O) groups is 3. The third-order valence-electron chi connectivity index (χ3n) is 5.31. The molecule has 36 heavy (non-hydrogen) atoms. The molecule has 11 heteroatoms. The number of sulfonamides is 1. The van der Waals surface area contributed by atoms with E-state index in [2.05, 4.69) is 10.1 Å². The van der Waals surface area contributed by atoms with Crippen molar-refractivity contribution in [3.63, 3.8) is 0 Å². The standard InChI is InChI=1S/C25H24N2O8S/c1-27(36(31,32)20-12-10-19(33-2)11-13-20)18-8-5-16(6-9-18)23(28)26-22-15-17(24(29)34-3)7-14-21(22)25(30)35-4/h5-15H,1-4H3,(H,26,28). The number of esters is 2. The van der Waals surface area contributed by atoms with Crippen LogP contribution in [0, 0.1) is 0 Å². The van der Waals surface area contributed by atoms with Crippen molar-refractivity contribution in [2.45, 2.75) is 4.90 Å². The summed E-state index contributed by atoms with van der Waals surface area (Å²) >= 11 is 0. The van der Waals surface area contributed by atoms with Gasteiger partial charge < -0.3 is 19.5 Å². The third-order valence-corrected chi connectivity index (χ3v) is 7.10. The fourth-order valence-electron chi connectivity index (χ4n) is 3.24. The molecule has 0 saturated carbocycles. The number of nitrogens with one attached hydrogen (secondary N) is 1. The van der Waals surface area contributed by atoms with Crippen LogP contribution < -0.4 is 14.4 Å². The van der Waals surface area contributed by atoms with Crippen molar-refractivity contribution >= 4 is 39.2 Å². The van der Waals surface area contributed by atoms with Crippen LogP contribution in [0.25, 0.3) is 0 Å². The third kappa shape index (κ3) is 5.47. The molecule has 0 aliphatic carbocycles. The fourth-order valence-corrected chi connectivity index (χ4v) is 4.44. The lowest BCUT2D eigenvalue weighted by Gasteiger charge is -2.20. The second-order valence-electron chi connectivity index (χ2n) is 7.39. The lowest BCUT2D eigenvalue weighted by atomic mass is 10.1. The first-order valence-electron chi connectivity index (χ1n) is 10.5. The molecular formula is C25H24N2O8S. The number of ether oxygens (including phenoxy) is 3. The molecule has 1 amide bonds. The zero-order chi connectivity index (χ0) is 26.5. The van der Waals surface area contributed by atoms with E-state index in [0.717, 1.165) is 4.31 Å². The quantitative estimate of drug-likeness (QED) is 0.455. The molecular weight excluding hydrogens is 488 g/mol. The van der Waals surface area contributed by atoms with Crippen LogP contribution in [0.2, 0.25) is 0 Å². The van der Waals surface area contributed by atoms with Crippen LogP contribution in [0.5, 0.6) is 5.75 Å². The highest BCUT2D eigenvalue weighted by molar-refractivity contribution is 7.92. The fraction of sp³-hybridized carbons (Fsp3) is 0.160. The maximum atomic E-state index is 13.0. The number of amides is 1. The Labute approximate surface area is 208 Å². The molecule has 3 aromatic rings. The highest BCUT2D eigenvalue weighted by Crippen LogP contribution is 2.25. The Balaban J connectivity index is 1.84. The number of hydrogen-bond acceptors (Lipinski definition) is 8. The highest BCUT2D eigenvalue weighted by Gasteiger charge is 2.22. The van der Waals surface area contributed by atoms with Gasteiger partial charge in [-0.1, -0.05) is 0 Å². The van der Waals surface area contributed by atoms with E-state index in [1.165, 1.54) is 83.0 Å². The van der Waals surface area contributed by atoms with E-state index in [9.17, 15) is 22.8 Å². The SMILES string of the molecule is COC(=O)c1ccc(C(=O)OC)c(NC(=O)c2ccc(N(C)S(=O)(=O)c3ccc(OC)cc3)cc2)c1. The Morgan fingerprint density at radius 3 is 1.92 bits per heavy atom. The Morgan fingerprint density at radius 1 is 0.778 bits per heavy atom. The van der Waals surface area contributed by atoms with Gasteiger partial charge in [0.25, 0.3) is 15.9 Å². The summed E-state index contributed by atoms with van der Waals surface area (Å²) in [6.45, 7) is 0. The molecule has 0 aliphatic heterocycles. The zero-order valence-electron chi connectivity index (χ0n) is 20.0. The summed E-state index contributed by atoms with van der Waals surface area (Å²) in [6.07, 6.45) is 0. The van der Waals surface area contributed by atoms with Crippen LogP contribution in [0.1, 0.15) is 31.1 Å². The zero-order valence-corrected chi connectivity index (χ0v) is 20.8. The molecule has 0 aliphatic rings. The first-order valence-corrected chi connectivity index (χ1v) is 11.9. The number of benzene rings is 3. The average molecular weight is 513 g/mol. The van der Waals surface area contributed by atoms with Gasteiger partial charge in [0.2, 0.25) is 0 Å². The summed E-state index contributed by atoms with van der Waals surface area (Å²) < 4.78 is 41.5. The highest BCUT2D eigenvalue weighted by atomic mass is 32.2. The van der Waals surface area contributed by atoms with Crippen LogP contribution in [0.4, 0.5) is 11.4 Å².